The van der Waals surface area contributed by atoms with E-state index in [0.717, 1.165) is 30.5 Å². The van der Waals surface area contributed by atoms with Crippen molar-refractivity contribution in [3.63, 3.8) is 0 Å². The van der Waals surface area contributed by atoms with Crippen LogP contribution in [0.2, 0.25) is 0 Å². The van der Waals surface area contributed by atoms with Crippen molar-refractivity contribution >= 4 is 0 Å². The summed E-state index contributed by atoms with van der Waals surface area (Å²) in [6.45, 7) is 2.02. The number of aromatic nitrogens is 1. The van der Waals surface area contributed by atoms with Gasteiger partial charge in [-0.05, 0) is 55.5 Å². The second-order valence-corrected chi connectivity index (χ2v) is 5.78. The first kappa shape index (κ1) is 13.3. The summed E-state index contributed by atoms with van der Waals surface area (Å²) >= 11 is 0. The summed E-state index contributed by atoms with van der Waals surface area (Å²) in [4.78, 5) is 4.56. The summed E-state index contributed by atoms with van der Waals surface area (Å²) in [6.07, 6.45) is 5.04. The summed E-state index contributed by atoms with van der Waals surface area (Å²) in [5, 5.41) is 0. The van der Waals surface area contributed by atoms with Crippen molar-refractivity contribution in [2.45, 2.75) is 37.6 Å². The molecule has 3 rings (SSSR count). The Bertz CT molecular complexity index is 605. The van der Waals surface area contributed by atoms with Crippen LogP contribution in [-0.2, 0) is 12.0 Å². The highest BCUT2D eigenvalue weighted by molar-refractivity contribution is 5.34. The maximum Gasteiger partial charge on any atom is 0.123 e. The Hall–Kier alpha value is -1.74. The predicted octanol–water partition coefficient (Wildman–Crippen LogP) is 3.51. The zero-order valence-corrected chi connectivity index (χ0v) is 11.6. The molecule has 3 heteroatoms. The molecule has 0 saturated heterocycles. The molecule has 0 spiro atoms. The number of halogens is 1. The van der Waals surface area contributed by atoms with Crippen LogP contribution in [-0.4, -0.2) is 4.98 Å². The van der Waals surface area contributed by atoms with Gasteiger partial charge in [-0.2, -0.15) is 0 Å². The first-order valence-electron chi connectivity index (χ1n) is 7.08. The van der Waals surface area contributed by atoms with Crippen molar-refractivity contribution < 1.29 is 4.39 Å². The SMILES string of the molecule is CC(N)(c1ccc(F)cc1)C1CCCc2cccnc21. The molecular weight excluding hydrogens is 251 g/mol. The van der Waals surface area contributed by atoms with Crippen LogP contribution in [0.1, 0.15) is 42.5 Å². The first-order chi connectivity index (χ1) is 9.59. The molecule has 1 aromatic heterocycles. The molecule has 2 nitrogen and oxygen atoms in total. The van der Waals surface area contributed by atoms with Crippen LogP contribution in [0, 0.1) is 5.82 Å². The van der Waals surface area contributed by atoms with Gasteiger partial charge in [-0.1, -0.05) is 18.2 Å². The molecule has 0 bridgehead atoms. The van der Waals surface area contributed by atoms with E-state index in [-0.39, 0.29) is 11.7 Å². The van der Waals surface area contributed by atoms with Crippen molar-refractivity contribution in [3.8, 4) is 0 Å². The standard InChI is InChI=1S/C17H19FN2/c1-17(19,13-7-9-14(18)10-8-13)15-6-2-4-12-5-3-11-20-16(12)15/h3,5,7-11,15H,2,4,6,19H2,1H3. The predicted molar refractivity (Wildman–Crippen MR) is 77.9 cm³/mol. The van der Waals surface area contributed by atoms with E-state index < -0.39 is 5.54 Å². The zero-order chi connectivity index (χ0) is 14.2. The molecule has 2 N–H and O–H groups in total. The molecule has 104 valence electrons. The van der Waals surface area contributed by atoms with E-state index in [2.05, 4.69) is 11.1 Å². The van der Waals surface area contributed by atoms with Gasteiger partial charge in [-0.25, -0.2) is 4.39 Å². The number of aryl methyl sites for hydroxylation is 1. The molecule has 20 heavy (non-hydrogen) atoms. The molecule has 2 atom stereocenters. The minimum absolute atomic E-state index is 0.179. The quantitative estimate of drug-likeness (QED) is 0.907. The van der Waals surface area contributed by atoms with E-state index in [1.807, 2.05) is 19.2 Å². The largest absolute Gasteiger partial charge is 0.321 e. The van der Waals surface area contributed by atoms with E-state index in [4.69, 9.17) is 5.73 Å². The third kappa shape index (κ3) is 2.22. The van der Waals surface area contributed by atoms with Crippen LogP contribution in [0.4, 0.5) is 4.39 Å². The van der Waals surface area contributed by atoms with Gasteiger partial charge in [0.15, 0.2) is 0 Å². The van der Waals surface area contributed by atoms with Crippen molar-refractivity contribution in [2.75, 3.05) is 0 Å². The highest BCUT2D eigenvalue weighted by atomic mass is 19.1. The lowest BCUT2D eigenvalue weighted by molar-refractivity contribution is 0.341. The van der Waals surface area contributed by atoms with Crippen molar-refractivity contribution in [1.82, 2.24) is 4.98 Å². The van der Waals surface area contributed by atoms with E-state index in [1.54, 1.807) is 12.1 Å². The summed E-state index contributed by atoms with van der Waals surface area (Å²) in [6, 6.07) is 10.6. The molecule has 0 radical (unpaired) electrons. The maximum absolute atomic E-state index is 13.1. The number of rotatable bonds is 2. The van der Waals surface area contributed by atoms with Crippen LogP contribution in [0.25, 0.3) is 0 Å². The highest BCUT2D eigenvalue weighted by Gasteiger charge is 2.36. The number of hydrogen-bond acceptors (Lipinski definition) is 2. The summed E-state index contributed by atoms with van der Waals surface area (Å²) < 4.78 is 13.1. The lowest BCUT2D eigenvalue weighted by Gasteiger charge is -2.37. The molecule has 1 aliphatic carbocycles. The molecule has 1 heterocycles. The monoisotopic (exact) mass is 270 g/mol. The lowest BCUT2D eigenvalue weighted by atomic mass is 9.72. The van der Waals surface area contributed by atoms with Gasteiger partial charge in [-0.3, -0.25) is 4.98 Å². The molecule has 2 unspecified atom stereocenters. The van der Waals surface area contributed by atoms with E-state index in [0.29, 0.717) is 0 Å². The van der Waals surface area contributed by atoms with Crippen LogP contribution >= 0.6 is 0 Å². The van der Waals surface area contributed by atoms with Crippen molar-refractivity contribution in [1.29, 1.82) is 0 Å². The minimum atomic E-state index is -0.531. The highest BCUT2D eigenvalue weighted by Crippen LogP contribution is 2.41. The molecule has 1 aromatic carbocycles. The molecule has 0 saturated carbocycles. The van der Waals surface area contributed by atoms with Crippen LogP contribution in [0.3, 0.4) is 0 Å². The normalized spacial score (nSPS) is 21.1. The lowest BCUT2D eigenvalue weighted by Crippen LogP contribution is -2.41. The Morgan fingerprint density at radius 1 is 1.25 bits per heavy atom. The van der Waals surface area contributed by atoms with Gasteiger partial charge in [-0.15, -0.1) is 0 Å². The fourth-order valence-corrected chi connectivity index (χ4v) is 3.20. The minimum Gasteiger partial charge on any atom is -0.321 e. The smallest absolute Gasteiger partial charge is 0.123 e. The van der Waals surface area contributed by atoms with Crippen LogP contribution in [0.15, 0.2) is 42.6 Å². The maximum atomic E-state index is 13.1. The van der Waals surface area contributed by atoms with Crippen molar-refractivity contribution in [2.24, 2.45) is 5.73 Å². The van der Waals surface area contributed by atoms with Crippen LogP contribution < -0.4 is 5.73 Å². The zero-order valence-electron chi connectivity index (χ0n) is 11.6. The molecule has 0 amide bonds. The van der Waals surface area contributed by atoms with E-state index in [9.17, 15) is 4.39 Å². The Kier molecular flexibility index (Phi) is 3.30. The number of fused-ring (bicyclic) bond motifs is 1. The fourth-order valence-electron chi connectivity index (χ4n) is 3.20. The average molecular weight is 270 g/mol. The summed E-state index contributed by atoms with van der Waals surface area (Å²) in [5.41, 5.74) is 9.44. The first-order valence-corrected chi connectivity index (χ1v) is 7.08. The van der Waals surface area contributed by atoms with Gasteiger partial charge in [0.25, 0.3) is 0 Å². The molecule has 1 aliphatic rings. The summed E-state index contributed by atoms with van der Waals surface area (Å²) in [5.74, 6) is -0.0513. The Balaban J connectivity index is 2.02. The topological polar surface area (TPSA) is 38.9 Å². The Labute approximate surface area is 118 Å². The number of pyridine rings is 1. The molecular formula is C17H19FN2. The van der Waals surface area contributed by atoms with Gasteiger partial charge in [0.05, 0.1) is 0 Å². The number of hydrogen-bond donors (Lipinski definition) is 1. The van der Waals surface area contributed by atoms with Gasteiger partial charge in [0.1, 0.15) is 5.82 Å². The molecule has 0 fully saturated rings. The Morgan fingerprint density at radius 2 is 2.00 bits per heavy atom. The van der Waals surface area contributed by atoms with Gasteiger partial charge >= 0.3 is 0 Å². The van der Waals surface area contributed by atoms with Gasteiger partial charge in [0, 0.05) is 23.3 Å². The second kappa shape index (κ2) is 4.98. The van der Waals surface area contributed by atoms with Gasteiger partial charge in [0.2, 0.25) is 0 Å². The second-order valence-electron chi connectivity index (χ2n) is 5.78. The van der Waals surface area contributed by atoms with Crippen LogP contribution in [0.5, 0.6) is 0 Å². The fraction of sp³-hybridized carbons (Fsp3) is 0.353. The Morgan fingerprint density at radius 3 is 2.75 bits per heavy atom. The third-order valence-corrected chi connectivity index (χ3v) is 4.39. The summed E-state index contributed by atoms with van der Waals surface area (Å²) in [7, 11) is 0. The number of nitrogens with two attached hydrogens (primary N) is 1. The van der Waals surface area contributed by atoms with Crippen molar-refractivity contribution in [3.05, 3.63) is 65.2 Å². The van der Waals surface area contributed by atoms with E-state index in [1.165, 1.54) is 17.7 Å². The van der Waals surface area contributed by atoms with E-state index >= 15 is 0 Å². The third-order valence-electron chi connectivity index (χ3n) is 4.39. The molecule has 2 aromatic rings. The molecule has 0 aliphatic heterocycles. The average Bonchev–Trinajstić information content (AvgIpc) is 2.47. The van der Waals surface area contributed by atoms with Gasteiger partial charge < -0.3 is 5.73 Å². The number of nitrogens with zero attached hydrogens (tertiary/aromatic N) is 1. The number of benzene rings is 1.